The maximum atomic E-state index is 13.0. The predicted octanol–water partition coefficient (Wildman–Crippen LogP) is 4.98. The molecule has 0 spiro atoms. The SMILES string of the molecule is OC(c1ccc(Cl)c(Cl)c1)c1ccc(F)cc1Br. The van der Waals surface area contributed by atoms with E-state index in [0.717, 1.165) is 0 Å². The van der Waals surface area contributed by atoms with Crippen LogP contribution in [0.5, 0.6) is 0 Å². The summed E-state index contributed by atoms with van der Waals surface area (Å²) >= 11 is 14.9. The van der Waals surface area contributed by atoms with Gasteiger partial charge in [-0.1, -0.05) is 51.3 Å². The Labute approximate surface area is 122 Å². The molecule has 0 radical (unpaired) electrons. The van der Waals surface area contributed by atoms with Gasteiger partial charge in [-0.05, 0) is 35.4 Å². The second-order valence-corrected chi connectivity index (χ2v) is 5.41. The molecular weight excluding hydrogens is 342 g/mol. The van der Waals surface area contributed by atoms with Gasteiger partial charge in [0.25, 0.3) is 0 Å². The van der Waals surface area contributed by atoms with Crippen LogP contribution in [0.4, 0.5) is 4.39 Å². The molecule has 1 nitrogen and oxygen atoms in total. The summed E-state index contributed by atoms with van der Waals surface area (Å²) in [6, 6.07) is 8.99. The van der Waals surface area contributed by atoms with Gasteiger partial charge in [0.2, 0.25) is 0 Å². The third-order valence-corrected chi connectivity index (χ3v) is 3.94. The molecule has 0 saturated carbocycles. The lowest BCUT2D eigenvalue weighted by molar-refractivity contribution is 0.219. The molecule has 1 N–H and O–H groups in total. The van der Waals surface area contributed by atoms with Crippen LogP contribution in [0.1, 0.15) is 17.2 Å². The van der Waals surface area contributed by atoms with Gasteiger partial charge < -0.3 is 5.11 Å². The number of hydrogen-bond acceptors (Lipinski definition) is 1. The molecule has 2 rings (SSSR count). The molecule has 0 aliphatic heterocycles. The van der Waals surface area contributed by atoms with Gasteiger partial charge in [-0.3, -0.25) is 0 Å². The van der Waals surface area contributed by atoms with Gasteiger partial charge in [-0.2, -0.15) is 0 Å². The summed E-state index contributed by atoms with van der Waals surface area (Å²) in [5, 5.41) is 11.0. The van der Waals surface area contributed by atoms with Crippen molar-refractivity contribution in [2.75, 3.05) is 0 Å². The first-order chi connectivity index (χ1) is 8.49. The minimum Gasteiger partial charge on any atom is -0.384 e. The molecule has 0 heterocycles. The summed E-state index contributed by atoms with van der Waals surface area (Å²) in [5.41, 5.74) is 1.16. The van der Waals surface area contributed by atoms with Crippen molar-refractivity contribution in [1.29, 1.82) is 0 Å². The molecule has 1 atom stereocenters. The van der Waals surface area contributed by atoms with E-state index in [2.05, 4.69) is 15.9 Å². The van der Waals surface area contributed by atoms with Gasteiger partial charge in [-0.15, -0.1) is 0 Å². The molecule has 18 heavy (non-hydrogen) atoms. The molecule has 1 unspecified atom stereocenters. The molecule has 0 aliphatic carbocycles. The van der Waals surface area contributed by atoms with Gasteiger partial charge >= 0.3 is 0 Å². The van der Waals surface area contributed by atoms with Crippen LogP contribution in [-0.4, -0.2) is 5.11 Å². The van der Waals surface area contributed by atoms with Crippen LogP contribution >= 0.6 is 39.1 Å². The molecule has 0 aliphatic rings. The highest BCUT2D eigenvalue weighted by Gasteiger charge is 2.15. The Morgan fingerprint density at radius 3 is 2.39 bits per heavy atom. The number of halogens is 4. The van der Waals surface area contributed by atoms with Crippen LogP contribution in [0.3, 0.4) is 0 Å². The van der Waals surface area contributed by atoms with E-state index in [1.54, 1.807) is 18.2 Å². The van der Waals surface area contributed by atoms with Crippen molar-refractivity contribution in [2.24, 2.45) is 0 Å². The average Bonchev–Trinajstić information content (AvgIpc) is 2.32. The average molecular weight is 350 g/mol. The van der Waals surface area contributed by atoms with Crippen LogP contribution in [0.2, 0.25) is 10.0 Å². The Hall–Kier alpha value is -0.610. The molecule has 0 saturated heterocycles. The molecule has 0 amide bonds. The van der Waals surface area contributed by atoms with E-state index in [1.165, 1.54) is 18.2 Å². The van der Waals surface area contributed by atoms with Crippen molar-refractivity contribution >= 4 is 39.1 Å². The molecule has 0 fully saturated rings. The third-order valence-electron chi connectivity index (χ3n) is 2.52. The molecule has 2 aromatic rings. The number of rotatable bonds is 2. The Morgan fingerprint density at radius 1 is 1.06 bits per heavy atom. The van der Waals surface area contributed by atoms with Crippen LogP contribution in [0.15, 0.2) is 40.9 Å². The Balaban J connectivity index is 2.41. The highest BCUT2D eigenvalue weighted by atomic mass is 79.9. The van der Waals surface area contributed by atoms with E-state index in [9.17, 15) is 9.50 Å². The van der Waals surface area contributed by atoms with Gasteiger partial charge in [0.1, 0.15) is 11.9 Å². The van der Waals surface area contributed by atoms with Crippen molar-refractivity contribution in [3.63, 3.8) is 0 Å². The Bertz CT molecular complexity index is 589. The predicted molar refractivity (Wildman–Crippen MR) is 74.6 cm³/mol. The zero-order valence-electron chi connectivity index (χ0n) is 9.00. The fourth-order valence-electron chi connectivity index (χ4n) is 1.59. The largest absolute Gasteiger partial charge is 0.384 e. The lowest BCUT2D eigenvalue weighted by Gasteiger charge is -2.14. The second-order valence-electron chi connectivity index (χ2n) is 3.74. The Kier molecular flexibility index (Phi) is 4.28. The smallest absolute Gasteiger partial charge is 0.124 e. The zero-order valence-corrected chi connectivity index (χ0v) is 12.1. The second kappa shape index (κ2) is 5.57. The minimum absolute atomic E-state index is 0.367. The first-order valence-corrected chi connectivity index (χ1v) is 6.62. The summed E-state index contributed by atoms with van der Waals surface area (Å²) in [5.74, 6) is -0.369. The van der Waals surface area contributed by atoms with Crippen LogP contribution in [-0.2, 0) is 0 Å². The number of benzene rings is 2. The molecule has 0 bridgehead atoms. The van der Waals surface area contributed by atoms with E-state index in [4.69, 9.17) is 23.2 Å². The van der Waals surface area contributed by atoms with Crippen LogP contribution in [0, 0.1) is 5.82 Å². The van der Waals surface area contributed by atoms with Crippen molar-refractivity contribution in [3.8, 4) is 0 Å². The maximum Gasteiger partial charge on any atom is 0.124 e. The number of aliphatic hydroxyl groups is 1. The minimum atomic E-state index is -0.894. The van der Waals surface area contributed by atoms with Crippen molar-refractivity contribution in [1.82, 2.24) is 0 Å². The van der Waals surface area contributed by atoms with Gasteiger partial charge in [0.15, 0.2) is 0 Å². The molecular formula is C13H8BrCl2FO. The molecule has 2 aromatic carbocycles. The van der Waals surface area contributed by atoms with E-state index in [1.807, 2.05) is 0 Å². The lowest BCUT2D eigenvalue weighted by Crippen LogP contribution is -2.01. The fraction of sp³-hybridized carbons (Fsp3) is 0.0769. The quantitative estimate of drug-likeness (QED) is 0.810. The summed E-state index contributed by atoms with van der Waals surface area (Å²) < 4.78 is 13.5. The summed E-state index contributed by atoms with van der Waals surface area (Å²) in [6.07, 6.45) is -0.894. The zero-order chi connectivity index (χ0) is 13.3. The molecule has 5 heteroatoms. The summed E-state index contributed by atoms with van der Waals surface area (Å²) in [6.45, 7) is 0. The van der Waals surface area contributed by atoms with E-state index >= 15 is 0 Å². The third kappa shape index (κ3) is 2.86. The summed E-state index contributed by atoms with van der Waals surface area (Å²) in [4.78, 5) is 0. The van der Waals surface area contributed by atoms with Crippen molar-refractivity contribution in [2.45, 2.75) is 6.10 Å². The van der Waals surface area contributed by atoms with E-state index < -0.39 is 6.10 Å². The van der Waals surface area contributed by atoms with Crippen molar-refractivity contribution < 1.29 is 9.50 Å². The van der Waals surface area contributed by atoms with Crippen LogP contribution in [0.25, 0.3) is 0 Å². The number of hydrogen-bond donors (Lipinski definition) is 1. The maximum absolute atomic E-state index is 13.0. The molecule has 94 valence electrons. The van der Waals surface area contributed by atoms with Crippen molar-refractivity contribution in [3.05, 3.63) is 67.9 Å². The van der Waals surface area contributed by atoms with E-state index in [-0.39, 0.29) is 5.82 Å². The summed E-state index contributed by atoms with van der Waals surface area (Å²) in [7, 11) is 0. The highest BCUT2D eigenvalue weighted by molar-refractivity contribution is 9.10. The number of aliphatic hydroxyl groups excluding tert-OH is 1. The topological polar surface area (TPSA) is 20.2 Å². The molecule has 0 aromatic heterocycles. The van der Waals surface area contributed by atoms with Gasteiger partial charge in [-0.25, -0.2) is 4.39 Å². The first kappa shape index (κ1) is 13.8. The van der Waals surface area contributed by atoms with Gasteiger partial charge in [0.05, 0.1) is 10.0 Å². The van der Waals surface area contributed by atoms with E-state index in [0.29, 0.717) is 25.6 Å². The van der Waals surface area contributed by atoms with Crippen LogP contribution < -0.4 is 0 Å². The standard InChI is InChI=1S/C13H8BrCl2FO/c14-10-6-8(17)2-3-9(10)13(18)7-1-4-11(15)12(16)5-7/h1-6,13,18H. The monoisotopic (exact) mass is 348 g/mol. The highest BCUT2D eigenvalue weighted by Crippen LogP contribution is 2.32. The first-order valence-electron chi connectivity index (χ1n) is 5.07. The fourth-order valence-corrected chi connectivity index (χ4v) is 2.46. The lowest BCUT2D eigenvalue weighted by atomic mass is 10.0. The van der Waals surface area contributed by atoms with Gasteiger partial charge in [0, 0.05) is 4.47 Å². The Morgan fingerprint density at radius 2 is 1.78 bits per heavy atom. The normalized spacial score (nSPS) is 12.5.